The minimum Gasteiger partial charge on any atom is -0.497 e. The lowest BCUT2D eigenvalue weighted by atomic mass is 10.00. The van der Waals surface area contributed by atoms with Crippen LogP contribution in [0.2, 0.25) is 0 Å². The number of ether oxygens (including phenoxy) is 1. The molecule has 0 saturated heterocycles. The zero-order valence-corrected chi connectivity index (χ0v) is 18.5. The van der Waals surface area contributed by atoms with Crippen LogP contribution >= 0.6 is 0 Å². The second kappa shape index (κ2) is 9.78. The molecule has 0 saturated carbocycles. The Morgan fingerprint density at radius 2 is 1.79 bits per heavy atom. The first-order valence-electron chi connectivity index (χ1n) is 9.60. The predicted octanol–water partition coefficient (Wildman–Crippen LogP) is 3.74. The number of hydrogen-bond donors (Lipinski definition) is 1. The molecule has 1 N–H and O–H groups in total. The Hall–Kier alpha value is -2.54. The SMILES string of the molecule is COc1ccc(N(CCCC(=O)N[C@@H](C)c2cc(C)ccc2C)S(C)(=O)=O)cc1. The molecule has 0 heterocycles. The van der Waals surface area contributed by atoms with Crippen LogP contribution in [0.1, 0.15) is 42.5 Å². The normalized spacial score (nSPS) is 12.3. The minimum atomic E-state index is -3.45. The maximum Gasteiger partial charge on any atom is 0.232 e. The van der Waals surface area contributed by atoms with E-state index in [9.17, 15) is 13.2 Å². The van der Waals surface area contributed by atoms with Crippen LogP contribution in [-0.4, -0.2) is 34.2 Å². The van der Waals surface area contributed by atoms with Gasteiger partial charge in [0.15, 0.2) is 0 Å². The fourth-order valence-corrected chi connectivity index (χ4v) is 4.20. The fraction of sp³-hybridized carbons (Fsp3) is 0.409. The van der Waals surface area contributed by atoms with Crippen LogP contribution in [0.4, 0.5) is 5.69 Å². The Kier molecular flexibility index (Phi) is 7.67. The average Bonchev–Trinajstić information content (AvgIpc) is 2.66. The number of methoxy groups -OCH3 is 1. The molecule has 0 fully saturated rings. The fourth-order valence-electron chi connectivity index (χ4n) is 3.24. The number of sulfonamides is 1. The summed E-state index contributed by atoms with van der Waals surface area (Å²) >= 11 is 0. The Bertz CT molecular complexity index is 940. The largest absolute Gasteiger partial charge is 0.497 e. The number of benzene rings is 2. The molecule has 0 spiro atoms. The van der Waals surface area contributed by atoms with Gasteiger partial charge in [-0.15, -0.1) is 0 Å². The summed E-state index contributed by atoms with van der Waals surface area (Å²) in [5.74, 6) is 0.559. The minimum absolute atomic E-state index is 0.0958. The third-order valence-electron chi connectivity index (χ3n) is 4.80. The van der Waals surface area contributed by atoms with Crippen molar-refractivity contribution in [3.05, 3.63) is 59.2 Å². The van der Waals surface area contributed by atoms with E-state index >= 15 is 0 Å². The maximum absolute atomic E-state index is 12.4. The molecule has 0 unspecified atom stereocenters. The monoisotopic (exact) mass is 418 g/mol. The van der Waals surface area contributed by atoms with E-state index in [1.807, 2.05) is 32.9 Å². The highest BCUT2D eigenvalue weighted by Crippen LogP contribution is 2.22. The van der Waals surface area contributed by atoms with E-state index in [1.165, 1.54) is 10.6 Å². The van der Waals surface area contributed by atoms with Gasteiger partial charge in [0.25, 0.3) is 0 Å². The third kappa shape index (κ3) is 6.49. The van der Waals surface area contributed by atoms with E-state index in [0.29, 0.717) is 17.9 Å². The highest BCUT2D eigenvalue weighted by atomic mass is 32.2. The van der Waals surface area contributed by atoms with Crippen molar-refractivity contribution in [3.8, 4) is 5.75 Å². The van der Waals surface area contributed by atoms with Crippen LogP contribution in [0.15, 0.2) is 42.5 Å². The van der Waals surface area contributed by atoms with E-state index in [4.69, 9.17) is 4.74 Å². The number of hydrogen-bond acceptors (Lipinski definition) is 4. The predicted molar refractivity (Wildman–Crippen MR) is 117 cm³/mol. The standard InChI is InChI=1S/C22H30N2O4S/c1-16-8-9-17(2)21(15-16)18(3)23-22(25)7-6-14-24(29(5,26)27)19-10-12-20(28-4)13-11-19/h8-13,15,18H,6-7,14H2,1-5H3,(H,23,25)/t18-/m0/s1. The molecule has 1 atom stereocenters. The molecule has 158 valence electrons. The first kappa shape index (κ1) is 22.7. The zero-order valence-electron chi connectivity index (χ0n) is 17.7. The molecule has 0 bridgehead atoms. The molecule has 7 heteroatoms. The molecule has 29 heavy (non-hydrogen) atoms. The van der Waals surface area contributed by atoms with Crippen molar-refractivity contribution in [2.24, 2.45) is 0 Å². The average molecular weight is 419 g/mol. The van der Waals surface area contributed by atoms with Crippen LogP contribution in [-0.2, 0) is 14.8 Å². The van der Waals surface area contributed by atoms with Gasteiger partial charge in [0, 0.05) is 13.0 Å². The number of anilines is 1. The second-order valence-corrected chi connectivity index (χ2v) is 9.19. The Labute approximate surface area is 173 Å². The molecule has 1 amide bonds. The van der Waals surface area contributed by atoms with Crippen LogP contribution in [0.3, 0.4) is 0 Å². The highest BCUT2D eigenvalue weighted by molar-refractivity contribution is 7.92. The Morgan fingerprint density at radius 1 is 1.14 bits per heavy atom. The Balaban J connectivity index is 1.96. The number of nitrogens with one attached hydrogen (secondary N) is 1. The molecule has 0 aromatic heterocycles. The highest BCUT2D eigenvalue weighted by Gasteiger charge is 2.18. The van der Waals surface area contributed by atoms with Gasteiger partial charge in [0.2, 0.25) is 15.9 Å². The van der Waals surface area contributed by atoms with Gasteiger partial charge in [-0.05, 0) is 62.6 Å². The van der Waals surface area contributed by atoms with E-state index in [1.54, 1.807) is 31.4 Å². The van der Waals surface area contributed by atoms with Gasteiger partial charge < -0.3 is 10.1 Å². The lowest BCUT2D eigenvalue weighted by Crippen LogP contribution is -2.32. The number of amides is 1. The number of carbonyl (C=O) groups excluding carboxylic acids is 1. The number of carbonyl (C=O) groups is 1. The van der Waals surface area contributed by atoms with Crippen molar-refractivity contribution in [3.63, 3.8) is 0 Å². The van der Waals surface area contributed by atoms with Gasteiger partial charge >= 0.3 is 0 Å². The lowest BCUT2D eigenvalue weighted by molar-refractivity contribution is -0.121. The van der Waals surface area contributed by atoms with E-state index < -0.39 is 10.0 Å². The maximum atomic E-state index is 12.4. The summed E-state index contributed by atoms with van der Waals surface area (Å²) in [5, 5.41) is 3.01. The number of rotatable bonds is 9. The van der Waals surface area contributed by atoms with Crippen molar-refractivity contribution in [1.82, 2.24) is 5.32 Å². The smallest absolute Gasteiger partial charge is 0.232 e. The summed E-state index contributed by atoms with van der Waals surface area (Å²) in [6.45, 7) is 6.24. The van der Waals surface area contributed by atoms with Gasteiger partial charge in [-0.2, -0.15) is 0 Å². The van der Waals surface area contributed by atoms with Gasteiger partial charge in [-0.3, -0.25) is 9.10 Å². The van der Waals surface area contributed by atoms with Crippen molar-refractivity contribution in [2.45, 2.75) is 39.7 Å². The number of aryl methyl sites for hydroxylation is 2. The van der Waals surface area contributed by atoms with Crippen molar-refractivity contribution in [2.75, 3.05) is 24.2 Å². The van der Waals surface area contributed by atoms with Crippen molar-refractivity contribution < 1.29 is 17.9 Å². The van der Waals surface area contributed by atoms with E-state index in [0.717, 1.165) is 16.7 Å². The molecular formula is C22H30N2O4S. The lowest BCUT2D eigenvalue weighted by Gasteiger charge is -2.23. The van der Waals surface area contributed by atoms with Gasteiger partial charge in [-0.25, -0.2) is 8.42 Å². The molecule has 0 aliphatic carbocycles. The van der Waals surface area contributed by atoms with Gasteiger partial charge in [0.1, 0.15) is 5.75 Å². The van der Waals surface area contributed by atoms with Crippen LogP contribution in [0.25, 0.3) is 0 Å². The first-order valence-corrected chi connectivity index (χ1v) is 11.4. The third-order valence-corrected chi connectivity index (χ3v) is 6.00. The van der Waals surface area contributed by atoms with Crippen LogP contribution in [0.5, 0.6) is 5.75 Å². The van der Waals surface area contributed by atoms with Crippen molar-refractivity contribution in [1.29, 1.82) is 0 Å². The van der Waals surface area contributed by atoms with Crippen LogP contribution in [0, 0.1) is 13.8 Å². The molecular weight excluding hydrogens is 388 g/mol. The Morgan fingerprint density at radius 3 is 2.38 bits per heavy atom. The summed E-state index contributed by atoms with van der Waals surface area (Å²) in [7, 11) is -1.89. The van der Waals surface area contributed by atoms with Crippen LogP contribution < -0.4 is 14.4 Å². The summed E-state index contributed by atoms with van der Waals surface area (Å²) in [6.07, 6.45) is 1.84. The molecule has 0 aliphatic rings. The summed E-state index contributed by atoms with van der Waals surface area (Å²) < 4.78 is 30.8. The topological polar surface area (TPSA) is 75.7 Å². The first-order chi connectivity index (χ1) is 13.6. The van der Waals surface area contributed by atoms with Gasteiger partial charge in [0.05, 0.1) is 25.1 Å². The molecule has 2 rings (SSSR count). The second-order valence-electron chi connectivity index (χ2n) is 7.29. The van der Waals surface area contributed by atoms with E-state index in [-0.39, 0.29) is 24.9 Å². The molecule has 2 aromatic carbocycles. The summed E-state index contributed by atoms with van der Waals surface area (Å²) in [5.41, 5.74) is 3.92. The van der Waals surface area contributed by atoms with Gasteiger partial charge in [-0.1, -0.05) is 23.8 Å². The molecule has 0 aliphatic heterocycles. The van der Waals surface area contributed by atoms with E-state index in [2.05, 4.69) is 11.4 Å². The summed E-state index contributed by atoms with van der Waals surface area (Å²) in [6, 6.07) is 12.9. The quantitative estimate of drug-likeness (QED) is 0.673. The molecule has 2 aromatic rings. The van der Waals surface area contributed by atoms with Crippen molar-refractivity contribution >= 4 is 21.6 Å². The zero-order chi connectivity index (χ0) is 21.6. The molecule has 6 nitrogen and oxygen atoms in total. The molecule has 0 radical (unpaired) electrons. The number of nitrogens with zero attached hydrogens (tertiary/aromatic N) is 1. The summed E-state index contributed by atoms with van der Waals surface area (Å²) in [4.78, 5) is 12.4.